The summed E-state index contributed by atoms with van der Waals surface area (Å²) in [6, 6.07) is 18.4. The minimum Gasteiger partial charge on any atom is -0.378 e. The summed E-state index contributed by atoms with van der Waals surface area (Å²) in [4.78, 5) is 34.3. The number of ether oxygens (including phenoxy) is 1. The van der Waals surface area contributed by atoms with E-state index < -0.39 is 5.54 Å². The molecular weight excluding hydrogens is 542 g/mol. The fourth-order valence-corrected chi connectivity index (χ4v) is 7.52. The molecule has 2 aromatic carbocycles. The van der Waals surface area contributed by atoms with Crippen molar-refractivity contribution in [3.05, 3.63) is 60.2 Å². The molecule has 0 unspecified atom stereocenters. The lowest BCUT2D eigenvalue weighted by molar-refractivity contribution is -0.147. The lowest BCUT2D eigenvalue weighted by Crippen LogP contribution is -2.63. The summed E-state index contributed by atoms with van der Waals surface area (Å²) in [5.74, 6) is 1.64. The van der Waals surface area contributed by atoms with E-state index in [1.54, 1.807) is 0 Å². The molecular formula is C30H37N5O3S2. The van der Waals surface area contributed by atoms with Gasteiger partial charge in [0.05, 0.1) is 25.8 Å². The van der Waals surface area contributed by atoms with Crippen LogP contribution in [-0.2, 0) is 14.3 Å². The average Bonchev–Trinajstić information content (AvgIpc) is 3.76. The summed E-state index contributed by atoms with van der Waals surface area (Å²) in [6.07, 6.45) is 3.20. The van der Waals surface area contributed by atoms with Crippen LogP contribution in [0.15, 0.2) is 54.6 Å². The Labute approximate surface area is 245 Å². The van der Waals surface area contributed by atoms with Crippen LogP contribution in [0.3, 0.4) is 0 Å². The van der Waals surface area contributed by atoms with Crippen LogP contribution in [0, 0.1) is 0 Å². The van der Waals surface area contributed by atoms with Crippen LogP contribution in [0.2, 0.25) is 0 Å². The lowest BCUT2D eigenvalue weighted by atomic mass is 9.87. The predicted molar refractivity (Wildman–Crippen MR) is 164 cm³/mol. The van der Waals surface area contributed by atoms with Crippen LogP contribution in [0.5, 0.6) is 0 Å². The van der Waals surface area contributed by atoms with Crippen molar-refractivity contribution in [1.29, 1.82) is 0 Å². The van der Waals surface area contributed by atoms with E-state index in [2.05, 4.69) is 39.8 Å². The molecule has 0 spiro atoms. The number of anilines is 2. The number of nitrogens with one attached hydrogen (secondary N) is 2. The number of benzene rings is 2. The molecule has 3 heterocycles. The van der Waals surface area contributed by atoms with E-state index in [1.807, 2.05) is 51.9 Å². The zero-order valence-corrected chi connectivity index (χ0v) is 24.4. The molecule has 2 aromatic rings. The van der Waals surface area contributed by atoms with E-state index >= 15 is 0 Å². The number of hydrogen-bond donors (Lipinski definition) is 2. The molecule has 10 heteroatoms. The standard InChI is InChI=1S/C30H37N5O3S2/c36-27(21-34-20-26(32-29(34)39)22-4-2-1-3-5-22)35(25-10-11-25)30(12-18-40-19-13-30)28(37)31-23-6-8-24(9-7-23)33-14-16-38-17-15-33/h1-9,25-26H,10-21H2,(H,31,37)(H,32,39)/t26-/m0/s1. The van der Waals surface area contributed by atoms with Gasteiger partial charge in [0.15, 0.2) is 5.11 Å². The highest BCUT2D eigenvalue weighted by atomic mass is 32.2. The first-order valence-corrected chi connectivity index (χ1v) is 15.8. The summed E-state index contributed by atoms with van der Waals surface area (Å²) in [5, 5.41) is 7.16. The fraction of sp³-hybridized carbons (Fsp3) is 0.500. The zero-order chi connectivity index (χ0) is 27.5. The number of nitrogens with zero attached hydrogens (tertiary/aromatic N) is 3. The minimum atomic E-state index is -0.847. The molecule has 1 saturated carbocycles. The van der Waals surface area contributed by atoms with Crippen molar-refractivity contribution in [2.45, 2.75) is 43.3 Å². The van der Waals surface area contributed by atoms with Gasteiger partial charge in [-0.15, -0.1) is 0 Å². The zero-order valence-electron chi connectivity index (χ0n) is 22.7. The Morgan fingerprint density at radius 3 is 2.42 bits per heavy atom. The molecule has 3 saturated heterocycles. The molecule has 6 rings (SSSR count). The summed E-state index contributed by atoms with van der Waals surface area (Å²) in [6.45, 7) is 4.02. The van der Waals surface area contributed by atoms with Crippen LogP contribution < -0.4 is 15.5 Å². The van der Waals surface area contributed by atoms with Gasteiger partial charge in [-0.05, 0) is 79.2 Å². The molecule has 2 amide bonds. The summed E-state index contributed by atoms with van der Waals surface area (Å²) in [5.41, 5.74) is 2.20. The van der Waals surface area contributed by atoms with Gasteiger partial charge < -0.3 is 30.1 Å². The Bertz CT molecular complexity index is 1210. The third kappa shape index (κ3) is 5.80. The van der Waals surface area contributed by atoms with Gasteiger partial charge in [0.2, 0.25) is 11.8 Å². The van der Waals surface area contributed by atoms with Gasteiger partial charge in [-0.2, -0.15) is 11.8 Å². The van der Waals surface area contributed by atoms with E-state index in [9.17, 15) is 9.59 Å². The molecule has 40 heavy (non-hydrogen) atoms. The average molecular weight is 580 g/mol. The second-order valence-electron chi connectivity index (χ2n) is 11.0. The van der Waals surface area contributed by atoms with Crippen molar-refractivity contribution < 1.29 is 14.3 Å². The van der Waals surface area contributed by atoms with Gasteiger partial charge >= 0.3 is 0 Å². The minimum absolute atomic E-state index is 0.00919. The lowest BCUT2D eigenvalue weighted by Gasteiger charge is -2.45. The first-order chi connectivity index (χ1) is 19.5. The van der Waals surface area contributed by atoms with Gasteiger partial charge in [-0.1, -0.05) is 30.3 Å². The van der Waals surface area contributed by atoms with Gasteiger partial charge in [0.25, 0.3) is 0 Å². The van der Waals surface area contributed by atoms with Crippen LogP contribution in [0.4, 0.5) is 11.4 Å². The molecule has 0 bridgehead atoms. The molecule has 4 aliphatic rings. The van der Waals surface area contributed by atoms with E-state index in [0.29, 0.717) is 24.5 Å². The van der Waals surface area contributed by atoms with E-state index in [0.717, 1.165) is 67.6 Å². The maximum absolute atomic E-state index is 14.1. The smallest absolute Gasteiger partial charge is 0.250 e. The molecule has 8 nitrogen and oxygen atoms in total. The van der Waals surface area contributed by atoms with Crippen LogP contribution in [-0.4, -0.2) is 89.2 Å². The SMILES string of the molecule is O=C(CN1C[C@@H](c2ccccc2)NC1=S)N(C1CC1)C1(C(=O)Nc2ccc(N3CCOCC3)cc2)CCSCC1. The molecule has 212 valence electrons. The second-order valence-corrected chi connectivity index (χ2v) is 12.6. The highest BCUT2D eigenvalue weighted by molar-refractivity contribution is 7.99. The Morgan fingerprint density at radius 1 is 1.05 bits per heavy atom. The number of carbonyl (C=O) groups is 2. The Morgan fingerprint density at radius 2 is 1.75 bits per heavy atom. The molecule has 0 aromatic heterocycles. The van der Waals surface area contributed by atoms with Gasteiger partial charge in [0, 0.05) is 37.1 Å². The third-order valence-electron chi connectivity index (χ3n) is 8.40. The van der Waals surface area contributed by atoms with E-state index in [1.165, 1.54) is 0 Å². The summed E-state index contributed by atoms with van der Waals surface area (Å²) >= 11 is 7.49. The molecule has 1 aliphatic carbocycles. The van der Waals surface area contributed by atoms with E-state index in [-0.39, 0.29) is 30.4 Å². The molecule has 3 aliphatic heterocycles. The van der Waals surface area contributed by atoms with Crippen LogP contribution in [0.25, 0.3) is 0 Å². The normalized spacial score (nSPS) is 22.5. The Kier molecular flexibility index (Phi) is 8.18. The largest absolute Gasteiger partial charge is 0.378 e. The molecule has 0 radical (unpaired) electrons. The van der Waals surface area contributed by atoms with Gasteiger partial charge in [0.1, 0.15) is 5.54 Å². The topological polar surface area (TPSA) is 77.2 Å². The summed E-state index contributed by atoms with van der Waals surface area (Å²) in [7, 11) is 0. The van der Waals surface area contributed by atoms with Gasteiger partial charge in [-0.25, -0.2) is 0 Å². The predicted octanol–water partition coefficient (Wildman–Crippen LogP) is 3.65. The van der Waals surface area contributed by atoms with Crippen molar-refractivity contribution in [1.82, 2.24) is 15.1 Å². The van der Waals surface area contributed by atoms with Gasteiger partial charge in [-0.3, -0.25) is 9.59 Å². The quantitative estimate of drug-likeness (QED) is 0.459. The number of morpholine rings is 1. The highest BCUT2D eigenvalue weighted by Crippen LogP contribution is 2.41. The maximum Gasteiger partial charge on any atom is 0.250 e. The number of carbonyl (C=O) groups excluding carboxylic acids is 2. The number of thiocarbonyl (C=S) groups is 1. The number of hydrogen-bond acceptors (Lipinski definition) is 6. The van der Waals surface area contributed by atoms with Crippen LogP contribution in [0.1, 0.15) is 37.3 Å². The van der Waals surface area contributed by atoms with Crippen LogP contribution >= 0.6 is 24.0 Å². The van der Waals surface area contributed by atoms with Crippen molar-refractivity contribution in [3.8, 4) is 0 Å². The Hall–Kier alpha value is -2.82. The summed E-state index contributed by atoms with van der Waals surface area (Å²) < 4.78 is 5.47. The van der Waals surface area contributed by atoms with E-state index in [4.69, 9.17) is 17.0 Å². The first kappa shape index (κ1) is 27.4. The van der Waals surface area contributed by atoms with Crippen molar-refractivity contribution >= 4 is 52.3 Å². The number of amides is 2. The second kappa shape index (κ2) is 12.0. The molecule has 1 atom stereocenters. The first-order valence-electron chi connectivity index (χ1n) is 14.3. The maximum atomic E-state index is 14.1. The van der Waals surface area contributed by atoms with Crippen molar-refractivity contribution in [3.63, 3.8) is 0 Å². The number of rotatable bonds is 8. The molecule has 2 N–H and O–H groups in total. The monoisotopic (exact) mass is 579 g/mol. The third-order valence-corrected chi connectivity index (χ3v) is 9.76. The Balaban J connectivity index is 1.17. The van der Waals surface area contributed by atoms with Crippen molar-refractivity contribution in [2.24, 2.45) is 0 Å². The van der Waals surface area contributed by atoms with Crippen molar-refractivity contribution in [2.75, 3.05) is 61.1 Å². The fourth-order valence-electron chi connectivity index (χ4n) is 6.07. The molecule has 4 fully saturated rings. The number of thioether (sulfide) groups is 1. The highest BCUT2D eigenvalue weighted by Gasteiger charge is 2.52.